The van der Waals surface area contributed by atoms with Gasteiger partial charge in [0.25, 0.3) is 5.89 Å². The molecular weight excluding hydrogens is 351 g/mol. The third-order valence-electron chi connectivity index (χ3n) is 4.18. The average molecular weight is 366 g/mol. The first-order valence-corrected chi connectivity index (χ1v) is 8.31. The molecule has 0 aliphatic carbocycles. The highest BCUT2D eigenvalue weighted by atomic mass is 19.1. The Morgan fingerprint density at radius 1 is 1.11 bits per heavy atom. The van der Waals surface area contributed by atoms with Gasteiger partial charge in [0.15, 0.2) is 6.10 Å². The van der Waals surface area contributed by atoms with Crippen molar-refractivity contribution in [3.63, 3.8) is 0 Å². The van der Waals surface area contributed by atoms with Crippen LogP contribution in [0.4, 0.5) is 4.39 Å². The summed E-state index contributed by atoms with van der Waals surface area (Å²) in [5.41, 5.74) is 1.69. The van der Waals surface area contributed by atoms with Crippen LogP contribution in [0.15, 0.2) is 57.4 Å². The zero-order valence-corrected chi connectivity index (χ0v) is 14.6. The Hall–Kier alpha value is -3.48. The molecule has 0 aliphatic heterocycles. The van der Waals surface area contributed by atoms with Crippen molar-refractivity contribution in [2.45, 2.75) is 20.0 Å². The standard InChI is InChI=1S/C20H15FN2O4/c1-11-15-10-14(21)8-9-16(15)26-17(11)20(24)25-12(2)18-22-23-19(27-18)13-6-4-3-5-7-13/h3-10,12H,1-2H3/t12-/m0/s1. The summed E-state index contributed by atoms with van der Waals surface area (Å²) in [7, 11) is 0. The SMILES string of the molecule is Cc1c(C(=O)O[C@@H](C)c2nnc(-c3ccccc3)o2)oc2ccc(F)cc12. The highest BCUT2D eigenvalue weighted by molar-refractivity contribution is 5.95. The lowest BCUT2D eigenvalue weighted by molar-refractivity contribution is 0.0245. The maximum absolute atomic E-state index is 13.4. The molecule has 0 radical (unpaired) electrons. The molecular formula is C20H15FN2O4. The van der Waals surface area contributed by atoms with E-state index in [0.717, 1.165) is 5.56 Å². The van der Waals surface area contributed by atoms with E-state index in [1.54, 1.807) is 13.8 Å². The van der Waals surface area contributed by atoms with Crippen molar-refractivity contribution in [2.75, 3.05) is 0 Å². The van der Waals surface area contributed by atoms with E-state index >= 15 is 0 Å². The van der Waals surface area contributed by atoms with Gasteiger partial charge < -0.3 is 13.6 Å². The van der Waals surface area contributed by atoms with Crippen LogP contribution < -0.4 is 0 Å². The lowest BCUT2D eigenvalue weighted by Gasteiger charge is -2.08. The van der Waals surface area contributed by atoms with E-state index in [1.807, 2.05) is 30.3 Å². The number of aryl methyl sites for hydroxylation is 1. The molecule has 4 aromatic rings. The quantitative estimate of drug-likeness (QED) is 0.481. The molecule has 0 amide bonds. The summed E-state index contributed by atoms with van der Waals surface area (Å²) in [5, 5.41) is 8.45. The van der Waals surface area contributed by atoms with Crippen LogP contribution in [-0.4, -0.2) is 16.2 Å². The third-order valence-corrected chi connectivity index (χ3v) is 4.18. The van der Waals surface area contributed by atoms with Crippen molar-refractivity contribution in [1.29, 1.82) is 0 Å². The van der Waals surface area contributed by atoms with Gasteiger partial charge in [-0.1, -0.05) is 18.2 Å². The van der Waals surface area contributed by atoms with Crippen molar-refractivity contribution in [1.82, 2.24) is 10.2 Å². The normalized spacial score (nSPS) is 12.3. The number of halogens is 1. The second-order valence-electron chi connectivity index (χ2n) is 6.06. The Morgan fingerprint density at radius 2 is 1.89 bits per heavy atom. The van der Waals surface area contributed by atoms with Gasteiger partial charge in [0.2, 0.25) is 11.7 Å². The third kappa shape index (κ3) is 3.19. The Labute approximate surface area is 153 Å². The fraction of sp³-hybridized carbons (Fsp3) is 0.150. The molecule has 0 saturated heterocycles. The van der Waals surface area contributed by atoms with E-state index in [9.17, 15) is 9.18 Å². The van der Waals surface area contributed by atoms with Crippen LogP contribution >= 0.6 is 0 Å². The Bertz CT molecular complexity index is 1120. The molecule has 7 heteroatoms. The molecule has 2 aromatic heterocycles. The zero-order chi connectivity index (χ0) is 19.0. The van der Waals surface area contributed by atoms with Crippen LogP contribution in [0.1, 0.15) is 35.0 Å². The number of carbonyl (C=O) groups is 1. The number of rotatable bonds is 4. The van der Waals surface area contributed by atoms with Crippen LogP contribution in [-0.2, 0) is 4.74 Å². The molecule has 0 spiro atoms. The molecule has 2 aromatic carbocycles. The van der Waals surface area contributed by atoms with Crippen molar-refractivity contribution >= 4 is 16.9 Å². The molecule has 0 saturated carbocycles. The van der Waals surface area contributed by atoms with Gasteiger partial charge >= 0.3 is 5.97 Å². The Balaban J connectivity index is 1.55. The highest BCUT2D eigenvalue weighted by Gasteiger charge is 2.24. The van der Waals surface area contributed by atoms with Crippen molar-refractivity contribution in [3.8, 4) is 11.5 Å². The Kier molecular flexibility index (Phi) is 4.19. The molecule has 136 valence electrons. The second-order valence-corrected chi connectivity index (χ2v) is 6.06. The minimum absolute atomic E-state index is 0.0187. The monoisotopic (exact) mass is 366 g/mol. The number of carbonyl (C=O) groups excluding carboxylic acids is 1. The number of nitrogens with zero attached hydrogens (tertiary/aromatic N) is 2. The van der Waals surface area contributed by atoms with E-state index < -0.39 is 17.9 Å². The fourth-order valence-corrected chi connectivity index (χ4v) is 2.75. The summed E-state index contributed by atoms with van der Waals surface area (Å²) >= 11 is 0. The van der Waals surface area contributed by atoms with Gasteiger partial charge in [-0.05, 0) is 44.2 Å². The van der Waals surface area contributed by atoms with E-state index in [0.29, 0.717) is 22.4 Å². The topological polar surface area (TPSA) is 78.4 Å². The number of hydrogen-bond acceptors (Lipinski definition) is 6. The maximum Gasteiger partial charge on any atom is 0.375 e. The molecule has 0 N–H and O–H groups in total. The van der Waals surface area contributed by atoms with Crippen molar-refractivity contribution < 1.29 is 22.8 Å². The predicted molar refractivity (Wildman–Crippen MR) is 94.5 cm³/mol. The van der Waals surface area contributed by atoms with E-state index in [4.69, 9.17) is 13.6 Å². The molecule has 0 fully saturated rings. The van der Waals surface area contributed by atoms with Gasteiger partial charge in [-0.15, -0.1) is 10.2 Å². The Morgan fingerprint density at radius 3 is 2.67 bits per heavy atom. The summed E-state index contributed by atoms with van der Waals surface area (Å²) in [5.74, 6) is -0.564. The fourth-order valence-electron chi connectivity index (χ4n) is 2.75. The number of fused-ring (bicyclic) bond motifs is 1. The lowest BCUT2D eigenvalue weighted by Crippen LogP contribution is -2.09. The lowest BCUT2D eigenvalue weighted by atomic mass is 10.1. The first kappa shape index (κ1) is 17.0. The number of aromatic nitrogens is 2. The van der Waals surface area contributed by atoms with Gasteiger partial charge in [-0.25, -0.2) is 9.18 Å². The molecule has 1 atom stereocenters. The van der Waals surface area contributed by atoms with Gasteiger partial charge in [-0.3, -0.25) is 0 Å². The average Bonchev–Trinajstić information content (AvgIpc) is 3.28. The van der Waals surface area contributed by atoms with Gasteiger partial charge in [-0.2, -0.15) is 0 Å². The summed E-state index contributed by atoms with van der Waals surface area (Å²) in [4.78, 5) is 12.5. The minimum atomic E-state index is -0.771. The van der Waals surface area contributed by atoms with Gasteiger partial charge in [0.1, 0.15) is 11.4 Å². The van der Waals surface area contributed by atoms with Crippen LogP contribution in [0.2, 0.25) is 0 Å². The number of furan rings is 1. The molecule has 6 nitrogen and oxygen atoms in total. The van der Waals surface area contributed by atoms with Crippen LogP contribution in [0.3, 0.4) is 0 Å². The van der Waals surface area contributed by atoms with Crippen LogP contribution in [0.25, 0.3) is 22.4 Å². The molecule has 0 unspecified atom stereocenters. The summed E-state index contributed by atoms with van der Waals surface area (Å²) in [6.07, 6.45) is -0.771. The van der Waals surface area contributed by atoms with E-state index in [2.05, 4.69) is 10.2 Å². The predicted octanol–water partition coefficient (Wildman–Crippen LogP) is 4.85. The summed E-state index contributed by atoms with van der Waals surface area (Å²) in [6, 6.07) is 13.3. The molecule has 0 bridgehead atoms. The second kappa shape index (κ2) is 6.68. The first-order chi connectivity index (χ1) is 13.0. The van der Waals surface area contributed by atoms with E-state index in [1.165, 1.54) is 18.2 Å². The molecule has 4 rings (SSSR count). The molecule has 0 aliphatic rings. The van der Waals surface area contributed by atoms with Crippen molar-refractivity contribution in [2.24, 2.45) is 0 Å². The van der Waals surface area contributed by atoms with Crippen LogP contribution in [0.5, 0.6) is 0 Å². The summed E-state index contributed by atoms with van der Waals surface area (Å²) in [6.45, 7) is 3.30. The smallest absolute Gasteiger partial charge is 0.375 e. The molecule has 27 heavy (non-hydrogen) atoms. The number of ether oxygens (including phenoxy) is 1. The highest BCUT2D eigenvalue weighted by Crippen LogP contribution is 2.28. The van der Waals surface area contributed by atoms with Gasteiger partial charge in [0, 0.05) is 16.5 Å². The molecule has 2 heterocycles. The maximum atomic E-state index is 13.4. The van der Waals surface area contributed by atoms with Gasteiger partial charge in [0.05, 0.1) is 0 Å². The largest absolute Gasteiger partial charge is 0.449 e. The minimum Gasteiger partial charge on any atom is -0.449 e. The first-order valence-electron chi connectivity index (χ1n) is 8.31. The van der Waals surface area contributed by atoms with E-state index in [-0.39, 0.29) is 11.7 Å². The number of hydrogen-bond donors (Lipinski definition) is 0. The number of benzene rings is 2. The zero-order valence-electron chi connectivity index (χ0n) is 14.6. The number of esters is 1. The van der Waals surface area contributed by atoms with Crippen molar-refractivity contribution in [3.05, 3.63) is 71.6 Å². The van der Waals surface area contributed by atoms with Crippen LogP contribution in [0, 0.1) is 12.7 Å². The summed E-state index contributed by atoms with van der Waals surface area (Å²) < 4.78 is 29.9.